The topological polar surface area (TPSA) is 58.6 Å². The van der Waals surface area contributed by atoms with E-state index in [1.165, 1.54) is 18.4 Å². The van der Waals surface area contributed by atoms with Crippen LogP contribution in [-0.4, -0.2) is 24.7 Å². The van der Waals surface area contributed by atoms with Crippen LogP contribution < -0.4 is 10.1 Å². The predicted octanol–water partition coefficient (Wildman–Crippen LogP) is 2.60. The Hall–Kier alpha value is -1.55. The Morgan fingerprint density at radius 2 is 2.11 bits per heavy atom. The van der Waals surface area contributed by atoms with Gasteiger partial charge in [-0.2, -0.15) is 0 Å². The largest absolute Gasteiger partial charge is 0.497 e. The van der Waals surface area contributed by atoms with Gasteiger partial charge in [0.1, 0.15) is 5.75 Å². The summed E-state index contributed by atoms with van der Waals surface area (Å²) in [7, 11) is 1.66. The van der Waals surface area contributed by atoms with Crippen LogP contribution in [0.4, 0.5) is 0 Å². The molecule has 1 unspecified atom stereocenters. The molecule has 0 spiro atoms. The summed E-state index contributed by atoms with van der Waals surface area (Å²) in [4.78, 5) is 10.5. The summed E-state index contributed by atoms with van der Waals surface area (Å²) < 4.78 is 5.16. The molecule has 19 heavy (non-hydrogen) atoms. The summed E-state index contributed by atoms with van der Waals surface area (Å²) in [6, 6.07) is 8.48. The lowest BCUT2D eigenvalue weighted by Gasteiger charge is -2.19. The first-order chi connectivity index (χ1) is 9.20. The van der Waals surface area contributed by atoms with E-state index in [1.807, 2.05) is 12.1 Å². The number of aliphatic carboxylic acids is 1. The molecule has 0 heterocycles. The van der Waals surface area contributed by atoms with Gasteiger partial charge < -0.3 is 15.2 Å². The molecule has 2 N–H and O–H groups in total. The van der Waals surface area contributed by atoms with Crippen LogP contribution in [0.15, 0.2) is 24.3 Å². The third-order valence-electron chi connectivity index (χ3n) is 3.50. The lowest BCUT2D eigenvalue weighted by atomic mass is 10.0. The highest BCUT2D eigenvalue weighted by Crippen LogP contribution is 2.41. The van der Waals surface area contributed by atoms with Crippen molar-refractivity contribution in [2.75, 3.05) is 13.7 Å². The van der Waals surface area contributed by atoms with Gasteiger partial charge >= 0.3 is 5.97 Å². The first kappa shape index (κ1) is 13.9. The van der Waals surface area contributed by atoms with Crippen LogP contribution in [0.2, 0.25) is 0 Å². The number of rotatable bonds is 8. The monoisotopic (exact) mass is 263 g/mol. The number of nitrogens with one attached hydrogen (secondary N) is 1. The van der Waals surface area contributed by atoms with Gasteiger partial charge in [-0.25, -0.2) is 0 Å². The molecule has 1 aliphatic rings. The first-order valence-electron chi connectivity index (χ1n) is 6.80. The van der Waals surface area contributed by atoms with E-state index in [1.54, 1.807) is 7.11 Å². The fraction of sp³-hybridized carbons (Fsp3) is 0.533. The molecule has 1 saturated carbocycles. The minimum absolute atomic E-state index is 0.229. The summed E-state index contributed by atoms with van der Waals surface area (Å²) in [6.07, 6.45) is 3.41. The molecule has 4 heteroatoms. The van der Waals surface area contributed by atoms with Crippen molar-refractivity contribution in [2.45, 2.75) is 31.7 Å². The van der Waals surface area contributed by atoms with Crippen LogP contribution >= 0.6 is 0 Å². The Morgan fingerprint density at radius 1 is 1.42 bits per heavy atom. The molecule has 0 saturated heterocycles. The van der Waals surface area contributed by atoms with Gasteiger partial charge in [-0.05, 0) is 49.4 Å². The highest BCUT2D eigenvalue weighted by Gasteiger charge is 2.31. The third kappa shape index (κ3) is 4.24. The number of ether oxygens (including phenoxy) is 1. The summed E-state index contributed by atoms with van der Waals surface area (Å²) in [6.45, 7) is 0.749. The number of benzene rings is 1. The molecular weight excluding hydrogens is 242 g/mol. The van der Waals surface area contributed by atoms with Gasteiger partial charge in [0, 0.05) is 12.5 Å². The second kappa shape index (κ2) is 6.57. The number of carboxylic acid groups (broad SMARTS) is 1. The van der Waals surface area contributed by atoms with E-state index in [0.29, 0.717) is 18.4 Å². The molecule has 0 radical (unpaired) electrons. The Labute approximate surface area is 113 Å². The molecule has 1 aliphatic carbocycles. The van der Waals surface area contributed by atoms with Gasteiger partial charge in [0.25, 0.3) is 0 Å². The van der Waals surface area contributed by atoms with E-state index in [4.69, 9.17) is 9.84 Å². The van der Waals surface area contributed by atoms with Gasteiger partial charge in [0.05, 0.1) is 7.11 Å². The van der Waals surface area contributed by atoms with E-state index >= 15 is 0 Å². The predicted molar refractivity (Wildman–Crippen MR) is 73.3 cm³/mol. The van der Waals surface area contributed by atoms with Crippen molar-refractivity contribution in [3.05, 3.63) is 29.8 Å². The van der Waals surface area contributed by atoms with Crippen LogP contribution in [0.25, 0.3) is 0 Å². The number of methoxy groups -OCH3 is 1. The van der Waals surface area contributed by atoms with Crippen molar-refractivity contribution >= 4 is 5.97 Å². The standard InChI is InChI=1S/C15H21NO3/c1-19-13-8-6-12(7-9-13)15(11-4-5-11)16-10-2-3-14(17)18/h6-9,11,15-16H,2-5,10H2,1H3,(H,17,18). The second-order valence-electron chi connectivity index (χ2n) is 5.04. The number of hydrogen-bond acceptors (Lipinski definition) is 3. The average Bonchev–Trinajstić information content (AvgIpc) is 3.23. The Balaban J connectivity index is 1.89. The zero-order chi connectivity index (χ0) is 13.7. The van der Waals surface area contributed by atoms with Gasteiger partial charge in [0.2, 0.25) is 0 Å². The van der Waals surface area contributed by atoms with E-state index < -0.39 is 5.97 Å². The molecule has 0 aromatic heterocycles. The first-order valence-corrected chi connectivity index (χ1v) is 6.80. The summed E-state index contributed by atoms with van der Waals surface area (Å²) in [5.74, 6) is 0.830. The fourth-order valence-corrected chi connectivity index (χ4v) is 2.29. The molecule has 104 valence electrons. The number of carboxylic acids is 1. The smallest absolute Gasteiger partial charge is 0.303 e. The molecule has 2 rings (SSSR count). The van der Waals surface area contributed by atoms with Crippen molar-refractivity contribution in [3.8, 4) is 5.75 Å². The van der Waals surface area contributed by atoms with E-state index in [0.717, 1.165) is 12.3 Å². The Morgan fingerprint density at radius 3 is 2.63 bits per heavy atom. The molecule has 1 atom stereocenters. The molecule has 0 aliphatic heterocycles. The van der Waals surface area contributed by atoms with E-state index in [-0.39, 0.29) is 6.42 Å². The zero-order valence-corrected chi connectivity index (χ0v) is 11.3. The zero-order valence-electron chi connectivity index (χ0n) is 11.3. The molecule has 0 bridgehead atoms. The van der Waals surface area contributed by atoms with Crippen LogP contribution in [0.3, 0.4) is 0 Å². The maximum atomic E-state index is 10.5. The minimum atomic E-state index is -0.728. The fourth-order valence-electron chi connectivity index (χ4n) is 2.29. The van der Waals surface area contributed by atoms with Gasteiger partial charge in [-0.1, -0.05) is 12.1 Å². The molecule has 0 amide bonds. The Bertz CT molecular complexity index is 412. The molecular formula is C15H21NO3. The summed E-state index contributed by atoms with van der Waals surface area (Å²) >= 11 is 0. The van der Waals surface area contributed by atoms with E-state index in [9.17, 15) is 4.79 Å². The van der Waals surface area contributed by atoms with E-state index in [2.05, 4.69) is 17.4 Å². The Kier molecular flexibility index (Phi) is 4.80. The van der Waals surface area contributed by atoms with Crippen LogP contribution in [-0.2, 0) is 4.79 Å². The quantitative estimate of drug-likeness (QED) is 0.708. The number of carbonyl (C=O) groups is 1. The average molecular weight is 263 g/mol. The molecule has 1 aromatic rings. The van der Waals surface area contributed by atoms with Crippen molar-refractivity contribution in [3.63, 3.8) is 0 Å². The SMILES string of the molecule is COc1ccc(C(NCCCC(=O)O)C2CC2)cc1. The van der Waals surface area contributed by atoms with Gasteiger partial charge in [-0.3, -0.25) is 4.79 Å². The molecule has 1 fully saturated rings. The van der Waals surface area contributed by atoms with Crippen LogP contribution in [0.5, 0.6) is 5.75 Å². The minimum Gasteiger partial charge on any atom is -0.497 e. The lowest BCUT2D eigenvalue weighted by molar-refractivity contribution is -0.137. The second-order valence-corrected chi connectivity index (χ2v) is 5.04. The maximum Gasteiger partial charge on any atom is 0.303 e. The van der Waals surface area contributed by atoms with Crippen LogP contribution in [0.1, 0.15) is 37.3 Å². The van der Waals surface area contributed by atoms with Crippen molar-refractivity contribution in [2.24, 2.45) is 5.92 Å². The lowest BCUT2D eigenvalue weighted by Crippen LogP contribution is -2.24. The van der Waals surface area contributed by atoms with Crippen molar-refractivity contribution < 1.29 is 14.6 Å². The number of hydrogen-bond donors (Lipinski definition) is 2. The molecule has 1 aromatic carbocycles. The molecule has 4 nitrogen and oxygen atoms in total. The normalized spacial score (nSPS) is 16.1. The van der Waals surface area contributed by atoms with Crippen molar-refractivity contribution in [1.29, 1.82) is 0 Å². The van der Waals surface area contributed by atoms with Gasteiger partial charge in [0.15, 0.2) is 0 Å². The summed E-state index contributed by atoms with van der Waals surface area (Å²) in [5.41, 5.74) is 1.26. The highest BCUT2D eigenvalue weighted by atomic mass is 16.5. The van der Waals surface area contributed by atoms with Gasteiger partial charge in [-0.15, -0.1) is 0 Å². The third-order valence-corrected chi connectivity index (χ3v) is 3.50. The summed E-state index contributed by atoms with van der Waals surface area (Å²) in [5, 5.41) is 12.1. The van der Waals surface area contributed by atoms with Crippen LogP contribution in [0, 0.1) is 5.92 Å². The van der Waals surface area contributed by atoms with Crippen molar-refractivity contribution in [1.82, 2.24) is 5.32 Å². The maximum absolute atomic E-state index is 10.5. The highest BCUT2D eigenvalue weighted by molar-refractivity contribution is 5.66.